The van der Waals surface area contributed by atoms with Crippen LogP contribution in [-0.2, 0) is 4.79 Å². The van der Waals surface area contributed by atoms with E-state index in [0.29, 0.717) is 0 Å². The predicted molar refractivity (Wildman–Crippen MR) is 62.8 cm³/mol. The van der Waals surface area contributed by atoms with Crippen molar-refractivity contribution in [2.45, 2.75) is 12.6 Å². The highest BCUT2D eigenvalue weighted by Gasteiger charge is 2.25. The maximum Gasteiger partial charge on any atom is 0.346 e. The minimum atomic E-state index is -1.60. The van der Waals surface area contributed by atoms with E-state index in [4.69, 9.17) is 16.2 Å². The summed E-state index contributed by atoms with van der Waals surface area (Å²) in [4.78, 5) is 21.0. The number of carbonyl (C=O) groups excluding carboxylic acids is 1. The Balaban J connectivity index is 0.00000256. The summed E-state index contributed by atoms with van der Waals surface area (Å²) in [5, 5.41) is 10.4. The first-order valence-corrected chi connectivity index (χ1v) is 4.35. The molecule has 0 bridgehead atoms. The summed E-state index contributed by atoms with van der Waals surface area (Å²) in [6.07, 6.45) is 0. The number of benzene rings is 1. The molecule has 4 N–H and O–H groups in total. The van der Waals surface area contributed by atoms with Crippen LogP contribution in [0.15, 0.2) is 24.3 Å². The van der Waals surface area contributed by atoms with Gasteiger partial charge in [0.25, 0.3) is 5.69 Å². The summed E-state index contributed by atoms with van der Waals surface area (Å²) < 4.78 is 4.80. The molecular formula is C9H12ClN3O4. The molecule has 1 aromatic rings. The molecule has 0 radical (unpaired) electrons. The molecular weight excluding hydrogens is 250 g/mol. The third-order valence-electron chi connectivity index (χ3n) is 1.70. The highest BCUT2D eigenvalue weighted by Crippen LogP contribution is 2.17. The zero-order valence-corrected chi connectivity index (χ0v) is 9.77. The number of halogens is 1. The lowest BCUT2D eigenvalue weighted by Gasteiger charge is -2.16. The fourth-order valence-corrected chi connectivity index (χ4v) is 0.853. The largest absolute Gasteiger partial charge is 0.424 e. The van der Waals surface area contributed by atoms with Gasteiger partial charge in [-0.15, -0.1) is 12.4 Å². The Morgan fingerprint density at radius 3 is 2.18 bits per heavy atom. The number of non-ortho nitro benzene ring substituents is 1. The Bertz CT molecular complexity index is 413. The normalized spacial score (nSPS) is 10.3. The zero-order valence-electron chi connectivity index (χ0n) is 8.95. The molecule has 0 atom stereocenters. The van der Waals surface area contributed by atoms with E-state index < -0.39 is 16.6 Å². The third-order valence-corrected chi connectivity index (χ3v) is 1.70. The molecule has 0 unspecified atom stereocenters. The molecule has 0 fully saturated rings. The molecule has 0 amide bonds. The van der Waals surface area contributed by atoms with Gasteiger partial charge in [-0.05, 0) is 19.1 Å². The standard InChI is InChI=1S/C9H11N3O4.ClH/c1-9(10,11)8(13)16-7-4-2-6(3-5-7)12(14)15;/h2-5H,10-11H2,1H3;1H. The minimum absolute atomic E-state index is 0. The fourth-order valence-electron chi connectivity index (χ4n) is 0.853. The molecule has 1 aromatic carbocycles. The number of rotatable bonds is 3. The maximum absolute atomic E-state index is 11.2. The summed E-state index contributed by atoms with van der Waals surface area (Å²) in [6, 6.07) is 5.02. The number of nitro benzene ring substituents is 1. The van der Waals surface area contributed by atoms with Crippen molar-refractivity contribution in [1.29, 1.82) is 0 Å². The maximum atomic E-state index is 11.2. The molecule has 0 heterocycles. The van der Waals surface area contributed by atoms with Gasteiger partial charge in [-0.25, -0.2) is 4.79 Å². The Morgan fingerprint density at radius 1 is 1.35 bits per heavy atom. The van der Waals surface area contributed by atoms with Gasteiger partial charge in [0.1, 0.15) is 5.75 Å². The zero-order chi connectivity index (χ0) is 12.3. The second kappa shape index (κ2) is 5.58. The first-order valence-electron chi connectivity index (χ1n) is 4.35. The molecule has 0 spiro atoms. The van der Waals surface area contributed by atoms with Gasteiger partial charge in [-0.1, -0.05) is 0 Å². The molecule has 0 saturated carbocycles. The number of carbonyl (C=O) groups is 1. The van der Waals surface area contributed by atoms with Crippen molar-refractivity contribution in [1.82, 2.24) is 0 Å². The highest BCUT2D eigenvalue weighted by atomic mass is 35.5. The molecule has 0 aliphatic carbocycles. The second-order valence-electron chi connectivity index (χ2n) is 3.42. The topological polar surface area (TPSA) is 121 Å². The SMILES string of the molecule is CC(N)(N)C(=O)Oc1ccc([N+](=O)[O-])cc1.Cl. The van der Waals surface area contributed by atoms with Gasteiger partial charge in [0.2, 0.25) is 0 Å². The van der Waals surface area contributed by atoms with E-state index in [2.05, 4.69) is 0 Å². The van der Waals surface area contributed by atoms with Gasteiger partial charge < -0.3 is 16.2 Å². The molecule has 0 aromatic heterocycles. The summed E-state index contributed by atoms with van der Waals surface area (Å²) in [5.41, 5.74) is 8.91. The van der Waals surface area contributed by atoms with Crippen LogP contribution in [0, 0.1) is 10.1 Å². The van der Waals surface area contributed by atoms with Crippen LogP contribution in [0.1, 0.15) is 6.92 Å². The molecule has 8 heteroatoms. The van der Waals surface area contributed by atoms with Crippen molar-refractivity contribution in [2.75, 3.05) is 0 Å². The Kier molecular flexibility index (Phi) is 5.02. The van der Waals surface area contributed by atoms with Gasteiger partial charge >= 0.3 is 5.97 Å². The number of esters is 1. The predicted octanol–water partition coefficient (Wildman–Crippen LogP) is 0.556. The number of nitro groups is 1. The average molecular weight is 262 g/mol. The van der Waals surface area contributed by atoms with Gasteiger partial charge in [-0.2, -0.15) is 0 Å². The first-order chi connectivity index (χ1) is 7.30. The van der Waals surface area contributed by atoms with Crippen LogP contribution in [0.4, 0.5) is 5.69 Å². The van der Waals surface area contributed by atoms with Gasteiger partial charge in [0.05, 0.1) is 4.92 Å². The fraction of sp³-hybridized carbons (Fsp3) is 0.222. The number of ether oxygens (including phenoxy) is 1. The lowest BCUT2D eigenvalue weighted by Crippen LogP contribution is -2.55. The van der Waals surface area contributed by atoms with Crippen molar-refractivity contribution >= 4 is 24.1 Å². The highest BCUT2D eigenvalue weighted by molar-refractivity contribution is 5.85. The van der Waals surface area contributed by atoms with E-state index in [-0.39, 0.29) is 23.8 Å². The average Bonchev–Trinajstić information content (AvgIpc) is 2.17. The van der Waals surface area contributed by atoms with Crippen LogP contribution >= 0.6 is 12.4 Å². The van der Waals surface area contributed by atoms with Crippen LogP contribution in [0.3, 0.4) is 0 Å². The molecule has 94 valence electrons. The van der Waals surface area contributed by atoms with E-state index in [1.807, 2.05) is 0 Å². The van der Waals surface area contributed by atoms with Crippen LogP contribution in [0.2, 0.25) is 0 Å². The van der Waals surface area contributed by atoms with E-state index >= 15 is 0 Å². The lowest BCUT2D eigenvalue weighted by atomic mass is 10.2. The van der Waals surface area contributed by atoms with Crippen LogP contribution in [0.25, 0.3) is 0 Å². The minimum Gasteiger partial charge on any atom is -0.424 e. The second-order valence-corrected chi connectivity index (χ2v) is 3.42. The quantitative estimate of drug-likeness (QED) is 0.269. The first kappa shape index (κ1) is 15.3. The van der Waals surface area contributed by atoms with Gasteiger partial charge in [-0.3, -0.25) is 10.1 Å². The number of hydrogen-bond acceptors (Lipinski definition) is 6. The van der Waals surface area contributed by atoms with E-state index in [0.717, 1.165) is 0 Å². The molecule has 17 heavy (non-hydrogen) atoms. The molecule has 0 aliphatic rings. The molecule has 7 nitrogen and oxygen atoms in total. The summed E-state index contributed by atoms with van der Waals surface area (Å²) >= 11 is 0. The van der Waals surface area contributed by atoms with Crippen LogP contribution in [-0.4, -0.2) is 16.6 Å². The summed E-state index contributed by atoms with van der Waals surface area (Å²) in [6.45, 7) is 1.29. The number of nitrogens with two attached hydrogens (primary N) is 2. The number of hydrogen-bond donors (Lipinski definition) is 2. The van der Waals surface area contributed by atoms with Crippen LogP contribution < -0.4 is 16.2 Å². The van der Waals surface area contributed by atoms with Gasteiger partial charge in [0, 0.05) is 12.1 Å². The van der Waals surface area contributed by atoms with Gasteiger partial charge in [0.15, 0.2) is 5.66 Å². The van der Waals surface area contributed by atoms with E-state index in [1.54, 1.807) is 0 Å². The molecule has 1 rings (SSSR count). The lowest BCUT2D eigenvalue weighted by molar-refractivity contribution is -0.384. The van der Waals surface area contributed by atoms with Crippen molar-refractivity contribution in [3.8, 4) is 5.75 Å². The monoisotopic (exact) mass is 261 g/mol. The molecule has 0 aliphatic heterocycles. The Hall–Kier alpha value is -1.70. The van der Waals surface area contributed by atoms with E-state index in [9.17, 15) is 14.9 Å². The van der Waals surface area contributed by atoms with Crippen molar-refractivity contribution < 1.29 is 14.5 Å². The summed E-state index contributed by atoms with van der Waals surface area (Å²) in [5.74, 6) is -0.668. The third kappa shape index (κ3) is 4.35. The Labute approximate surface area is 103 Å². The number of nitrogens with zero attached hydrogens (tertiary/aromatic N) is 1. The van der Waals surface area contributed by atoms with Crippen LogP contribution in [0.5, 0.6) is 5.75 Å². The smallest absolute Gasteiger partial charge is 0.346 e. The van der Waals surface area contributed by atoms with Crippen molar-refractivity contribution in [3.63, 3.8) is 0 Å². The van der Waals surface area contributed by atoms with Crippen molar-refractivity contribution in [3.05, 3.63) is 34.4 Å². The van der Waals surface area contributed by atoms with E-state index in [1.165, 1.54) is 31.2 Å². The molecule has 0 saturated heterocycles. The Morgan fingerprint density at radius 2 is 1.82 bits per heavy atom. The summed E-state index contributed by atoms with van der Waals surface area (Å²) in [7, 11) is 0. The van der Waals surface area contributed by atoms with Crippen molar-refractivity contribution in [2.24, 2.45) is 11.5 Å².